The van der Waals surface area contributed by atoms with Crippen molar-refractivity contribution in [2.24, 2.45) is 5.92 Å². The molecule has 2 aliphatic carbocycles. The minimum absolute atomic E-state index is 0.217. The molecule has 0 N–H and O–H groups in total. The first-order chi connectivity index (χ1) is 9.74. The Labute approximate surface area is 122 Å². The minimum atomic E-state index is 0.217. The molecule has 0 saturated heterocycles. The van der Waals surface area contributed by atoms with Gasteiger partial charge in [0.25, 0.3) is 5.56 Å². The molecule has 4 rings (SSSR count). The highest BCUT2D eigenvalue weighted by molar-refractivity contribution is 7.18. The van der Waals surface area contributed by atoms with Gasteiger partial charge in [-0.2, -0.15) is 0 Å². The lowest BCUT2D eigenvalue weighted by molar-refractivity contribution is 0.496. The molecule has 1 atom stereocenters. The van der Waals surface area contributed by atoms with Crippen LogP contribution in [0.1, 0.15) is 55.5 Å². The molecule has 2 aromatic heterocycles. The summed E-state index contributed by atoms with van der Waals surface area (Å²) in [5, 5.41) is 0.936. The van der Waals surface area contributed by atoms with Crippen LogP contribution in [0.3, 0.4) is 0 Å². The molecule has 20 heavy (non-hydrogen) atoms. The number of nitrogens with zero attached hydrogens (tertiary/aromatic N) is 2. The molecule has 2 heterocycles. The maximum atomic E-state index is 12.9. The molecule has 0 aromatic carbocycles. The van der Waals surface area contributed by atoms with Crippen LogP contribution in [0.5, 0.6) is 0 Å². The van der Waals surface area contributed by atoms with Gasteiger partial charge in [0.15, 0.2) is 0 Å². The quantitative estimate of drug-likeness (QED) is 0.802. The van der Waals surface area contributed by atoms with Crippen LogP contribution in [0.15, 0.2) is 11.1 Å². The first-order valence-corrected chi connectivity index (χ1v) is 8.57. The number of rotatable bonds is 1. The Morgan fingerprint density at radius 1 is 1.30 bits per heavy atom. The fourth-order valence-electron chi connectivity index (χ4n) is 3.79. The second kappa shape index (κ2) is 4.69. The minimum Gasteiger partial charge on any atom is -0.296 e. The zero-order valence-electron chi connectivity index (χ0n) is 11.9. The van der Waals surface area contributed by atoms with Gasteiger partial charge in [-0.15, -0.1) is 11.3 Å². The molecule has 1 fully saturated rings. The summed E-state index contributed by atoms with van der Waals surface area (Å²) in [5.41, 5.74) is 1.53. The monoisotopic (exact) mass is 288 g/mol. The SMILES string of the molecule is CC1CCc2c(sc3ncn(C4CCCC4)c(=O)c23)C1. The smallest absolute Gasteiger partial charge is 0.262 e. The van der Waals surface area contributed by atoms with Crippen molar-refractivity contribution in [3.63, 3.8) is 0 Å². The van der Waals surface area contributed by atoms with Gasteiger partial charge >= 0.3 is 0 Å². The predicted octanol–water partition coefficient (Wildman–Crippen LogP) is 3.70. The number of aromatic nitrogens is 2. The number of thiophene rings is 1. The van der Waals surface area contributed by atoms with Gasteiger partial charge in [0.05, 0.1) is 11.7 Å². The fourth-order valence-corrected chi connectivity index (χ4v) is 5.13. The van der Waals surface area contributed by atoms with E-state index in [4.69, 9.17) is 0 Å². The van der Waals surface area contributed by atoms with Crippen molar-refractivity contribution >= 4 is 21.6 Å². The second-order valence-corrected chi connectivity index (χ2v) is 7.51. The first-order valence-electron chi connectivity index (χ1n) is 7.75. The van der Waals surface area contributed by atoms with Gasteiger partial charge in [-0.25, -0.2) is 4.98 Å². The third kappa shape index (κ3) is 1.85. The summed E-state index contributed by atoms with van der Waals surface area (Å²) in [6, 6.07) is 0.387. The summed E-state index contributed by atoms with van der Waals surface area (Å²) in [5.74, 6) is 0.743. The molecule has 0 spiro atoms. The van der Waals surface area contributed by atoms with E-state index in [0.717, 1.165) is 41.8 Å². The standard InChI is InChI=1S/C16H20N2OS/c1-10-6-7-12-13(8-10)20-15-14(12)16(19)18(9-17-15)11-4-2-3-5-11/h9-11H,2-8H2,1H3. The Hall–Kier alpha value is -1.16. The second-order valence-electron chi connectivity index (χ2n) is 6.43. The Morgan fingerprint density at radius 3 is 2.90 bits per heavy atom. The van der Waals surface area contributed by atoms with E-state index in [2.05, 4.69) is 11.9 Å². The van der Waals surface area contributed by atoms with Gasteiger partial charge in [-0.3, -0.25) is 9.36 Å². The topological polar surface area (TPSA) is 34.9 Å². The van der Waals surface area contributed by atoms with E-state index in [1.807, 2.05) is 4.57 Å². The first kappa shape index (κ1) is 12.6. The summed E-state index contributed by atoms with van der Waals surface area (Å²) in [6.07, 6.45) is 9.94. The van der Waals surface area contributed by atoms with Crippen molar-refractivity contribution in [2.45, 2.75) is 57.9 Å². The summed E-state index contributed by atoms with van der Waals surface area (Å²) in [6.45, 7) is 2.30. The number of fused-ring (bicyclic) bond motifs is 3. The average molecular weight is 288 g/mol. The Balaban J connectivity index is 1.90. The Kier molecular flexibility index (Phi) is 2.95. The molecular weight excluding hydrogens is 268 g/mol. The van der Waals surface area contributed by atoms with Crippen LogP contribution in [0, 0.1) is 5.92 Å². The van der Waals surface area contributed by atoms with Crippen LogP contribution < -0.4 is 5.56 Å². The maximum Gasteiger partial charge on any atom is 0.262 e. The van der Waals surface area contributed by atoms with Gasteiger partial charge in [-0.05, 0) is 43.6 Å². The molecule has 106 valence electrons. The molecular formula is C16H20N2OS. The number of aryl methyl sites for hydroxylation is 1. The van der Waals surface area contributed by atoms with Crippen molar-refractivity contribution in [1.82, 2.24) is 9.55 Å². The molecule has 0 amide bonds. The third-order valence-corrected chi connectivity index (χ3v) is 6.12. The van der Waals surface area contributed by atoms with Gasteiger partial charge in [0.2, 0.25) is 0 Å². The van der Waals surface area contributed by atoms with Gasteiger partial charge < -0.3 is 0 Å². The van der Waals surface area contributed by atoms with Crippen molar-refractivity contribution in [1.29, 1.82) is 0 Å². The molecule has 2 aliphatic rings. The van der Waals surface area contributed by atoms with E-state index in [1.54, 1.807) is 17.7 Å². The number of hydrogen-bond donors (Lipinski definition) is 0. The fraction of sp³-hybridized carbons (Fsp3) is 0.625. The van der Waals surface area contributed by atoms with E-state index < -0.39 is 0 Å². The van der Waals surface area contributed by atoms with Crippen LogP contribution in [-0.4, -0.2) is 9.55 Å². The van der Waals surface area contributed by atoms with Crippen molar-refractivity contribution in [3.05, 3.63) is 27.1 Å². The van der Waals surface area contributed by atoms with Crippen molar-refractivity contribution in [3.8, 4) is 0 Å². The molecule has 0 radical (unpaired) electrons. The van der Waals surface area contributed by atoms with Crippen LogP contribution in [0.2, 0.25) is 0 Å². The van der Waals surface area contributed by atoms with E-state index in [1.165, 1.54) is 29.7 Å². The van der Waals surface area contributed by atoms with Crippen LogP contribution in [-0.2, 0) is 12.8 Å². The highest BCUT2D eigenvalue weighted by Crippen LogP contribution is 2.36. The molecule has 2 aromatic rings. The maximum absolute atomic E-state index is 12.9. The lowest BCUT2D eigenvalue weighted by atomic mass is 9.89. The molecule has 4 heteroatoms. The van der Waals surface area contributed by atoms with Crippen LogP contribution in [0.4, 0.5) is 0 Å². The molecule has 0 aliphatic heterocycles. The van der Waals surface area contributed by atoms with Crippen molar-refractivity contribution < 1.29 is 0 Å². The van der Waals surface area contributed by atoms with Gasteiger partial charge in [-0.1, -0.05) is 19.8 Å². The van der Waals surface area contributed by atoms with E-state index >= 15 is 0 Å². The summed E-state index contributed by atoms with van der Waals surface area (Å²) in [7, 11) is 0. The molecule has 0 bridgehead atoms. The predicted molar refractivity (Wildman–Crippen MR) is 82.6 cm³/mol. The van der Waals surface area contributed by atoms with Gasteiger partial charge in [0.1, 0.15) is 4.83 Å². The molecule has 1 saturated carbocycles. The zero-order valence-corrected chi connectivity index (χ0v) is 12.7. The highest BCUT2D eigenvalue weighted by atomic mass is 32.1. The summed E-state index contributed by atoms with van der Waals surface area (Å²) in [4.78, 5) is 19.8. The third-order valence-electron chi connectivity index (χ3n) is 4.96. The largest absolute Gasteiger partial charge is 0.296 e. The normalized spacial score (nSPS) is 23.4. The van der Waals surface area contributed by atoms with Crippen molar-refractivity contribution in [2.75, 3.05) is 0 Å². The van der Waals surface area contributed by atoms with E-state index in [-0.39, 0.29) is 5.56 Å². The number of hydrogen-bond acceptors (Lipinski definition) is 3. The van der Waals surface area contributed by atoms with Gasteiger partial charge in [0, 0.05) is 10.9 Å². The average Bonchev–Trinajstić information content (AvgIpc) is 3.05. The lowest BCUT2D eigenvalue weighted by Gasteiger charge is -2.18. The van der Waals surface area contributed by atoms with Crippen LogP contribution in [0.25, 0.3) is 10.2 Å². The lowest BCUT2D eigenvalue weighted by Crippen LogP contribution is -2.24. The Bertz CT molecular complexity index is 709. The summed E-state index contributed by atoms with van der Waals surface area (Å²) < 4.78 is 1.92. The van der Waals surface area contributed by atoms with Crippen LogP contribution >= 0.6 is 11.3 Å². The van der Waals surface area contributed by atoms with E-state index in [9.17, 15) is 4.79 Å². The Morgan fingerprint density at radius 2 is 2.10 bits per heavy atom. The summed E-state index contributed by atoms with van der Waals surface area (Å²) >= 11 is 1.74. The van der Waals surface area contributed by atoms with E-state index in [0.29, 0.717) is 6.04 Å². The molecule has 1 unspecified atom stereocenters. The highest BCUT2D eigenvalue weighted by Gasteiger charge is 2.25. The zero-order chi connectivity index (χ0) is 13.7. The molecule has 3 nitrogen and oxygen atoms in total.